The van der Waals surface area contributed by atoms with E-state index in [2.05, 4.69) is 9.97 Å². The van der Waals surface area contributed by atoms with E-state index in [1.807, 2.05) is 12.1 Å². The highest BCUT2D eigenvalue weighted by Crippen LogP contribution is 2.08. The molecule has 4 nitrogen and oxygen atoms in total. The fourth-order valence-electron chi connectivity index (χ4n) is 1.03. The summed E-state index contributed by atoms with van der Waals surface area (Å²) >= 11 is 0. The monoisotopic (exact) mass is 200 g/mol. The topological polar surface area (TPSA) is 44.2 Å². The van der Waals surface area contributed by atoms with Gasteiger partial charge in [0.05, 0.1) is 12.4 Å². The minimum Gasteiger partial charge on any atom is -0.527 e. The van der Waals surface area contributed by atoms with E-state index >= 15 is 0 Å². The van der Waals surface area contributed by atoms with Gasteiger partial charge < -0.3 is 9.31 Å². The highest BCUT2D eigenvalue weighted by atomic mass is 16.6. The molecule has 0 aliphatic heterocycles. The second kappa shape index (κ2) is 5.00. The van der Waals surface area contributed by atoms with Crippen LogP contribution in [0.25, 0.3) is 0 Å². The van der Waals surface area contributed by atoms with Gasteiger partial charge in [0, 0.05) is 12.4 Å². The summed E-state index contributed by atoms with van der Waals surface area (Å²) < 4.78 is 10.6. The van der Waals surface area contributed by atoms with Gasteiger partial charge in [0.15, 0.2) is 0 Å². The Kier molecular flexibility index (Phi) is 3.17. The van der Waals surface area contributed by atoms with Crippen LogP contribution in [0.1, 0.15) is 0 Å². The van der Waals surface area contributed by atoms with Crippen molar-refractivity contribution in [3.63, 3.8) is 0 Å². The largest absolute Gasteiger partial charge is 0.576 e. The second-order valence-corrected chi connectivity index (χ2v) is 2.78. The molecule has 0 spiro atoms. The highest BCUT2D eigenvalue weighted by molar-refractivity contribution is 6.20. The Labute approximate surface area is 88.2 Å². The summed E-state index contributed by atoms with van der Waals surface area (Å²) in [6, 6.07) is 7.25. The van der Waals surface area contributed by atoms with Gasteiger partial charge in [0.25, 0.3) is 0 Å². The second-order valence-electron chi connectivity index (χ2n) is 2.78. The number of hydrogen-bond donors (Lipinski definition) is 0. The smallest absolute Gasteiger partial charge is 0.527 e. The molecule has 2 rings (SSSR count). The summed E-state index contributed by atoms with van der Waals surface area (Å²) in [5.41, 5.74) is 0. The van der Waals surface area contributed by atoms with E-state index in [1.54, 1.807) is 36.9 Å². The Morgan fingerprint density at radius 3 is 1.80 bits per heavy atom. The lowest BCUT2D eigenvalue weighted by atomic mass is 10.3. The van der Waals surface area contributed by atoms with Gasteiger partial charge in [-0.25, -0.2) is 0 Å². The van der Waals surface area contributed by atoms with Crippen molar-refractivity contribution in [1.82, 2.24) is 9.97 Å². The quantitative estimate of drug-likeness (QED) is 0.695. The van der Waals surface area contributed by atoms with E-state index in [9.17, 15) is 0 Å². The number of hydrogen-bond acceptors (Lipinski definition) is 4. The molecular weight excluding hydrogens is 191 g/mol. The van der Waals surface area contributed by atoms with Gasteiger partial charge in [-0.1, -0.05) is 0 Å². The molecule has 2 heterocycles. The third-order valence-corrected chi connectivity index (χ3v) is 1.72. The standard InChI is InChI=1S/C10H9BN2O2/c1-3-9(7-12-5-1)14-11-15-10-4-2-6-13-8-10/h1-8,11H. The molecule has 5 heteroatoms. The van der Waals surface area contributed by atoms with Gasteiger partial charge in [-0.05, 0) is 24.3 Å². The van der Waals surface area contributed by atoms with Crippen molar-refractivity contribution in [2.45, 2.75) is 0 Å². The molecule has 74 valence electrons. The summed E-state index contributed by atoms with van der Waals surface area (Å²) in [5.74, 6) is 1.36. The van der Waals surface area contributed by atoms with E-state index in [0.29, 0.717) is 11.5 Å². The third kappa shape index (κ3) is 2.98. The van der Waals surface area contributed by atoms with Crippen molar-refractivity contribution < 1.29 is 9.31 Å². The summed E-state index contributed by atoms with van der Waals surface area (Å²) in [6.45, 7) is 0. The van der Waals surface area contributed by atoms with Crippen LogP contribution in [-0.2, 0) is 0 Å². The highest BCUT2D eigenvalue weighted by Gasteiger charge is 1.98. The molecule has 0 fully saturated rings. The molecule has 2 aromatic rings. The Balaban J connectivity index is 1.81. The van der Waals surface area contributed by atoms with Crippen LogP contribution in [0.15, 0.2) is 49.1 Å². The zero-order valence-corrected chi connectivity index (χ0v) is 8.04. The number of rotatable bonds is 4. The maximum Gasteiger partial charge on any atom is 0.576 e. The molecule has 2 aromatic heterocycles. The normalized spacial score (nSPS) is 9.33. The van der Waals surface area contributed by atoms with Crippen molar-refractivity contribution in [3.8, 4) is 11.5 Å². The first-order valence-corrected chi connectivity index (χ1v) is 4.51. The van der Waals surface area contributed by atoms with E-state index in [-0.39, 0.29) is 7.69 Å². The summed E-state index contributed by atoms with van der Waals surface area (Å²) in [7, 11) is 0.150. The number of pyridine rings is 2. The minimum absolute atomic E-state index is 0.150. The third-order valence-electron chi connectivity index (χ3n) is 1.72. The molecule has 0 saturated carbocycles. The minimum atomic E-state index is 0.150. The average molecular weight is 200 g/mol. The molecule has 0 saturated heterocycles. The fraction of sp³-hybridized carbons (Fsp3) is 0. The number of nitrogens with zero attached hydrogens (tertiary/aromatic N) is 2. The number of aromatic nitrogens is 2. The van der Waals surface area contributed by atoms with E-state index in [1.165, 1.54) is 0 Å². The van der Waals surface area contributed by atoms with Gasteiger partial charge in [-0.3, -0.25) is 9.97 Å². The summed E-state index contributed by atoms with van der Waals surface area (Å²) in [5, 5.41) is 0. The first kappa shape index (κ1) is 9.52. The maximum atomic E-state index is 5.30. The first-order chi connectivity index (χ1) is 7.45. The average Bonchev–Trinajstić information content (AvgIpc) is 2.32. The molecular formula is C10H9BN2O2. The Morgan fingerprint density at radius 1 is 0.867 bits per heavy atom. The molecule has 0 aliphatic carbocycles. The van der Waals surface area contributed by atoms with Crippen LogP contribution in [0.2, 0.25) is 0 Å². The van der Waals surface area contributed by atoms with Crippen molar-refractivity contribution in [2.75, 3.05) is 0 Å². The molecule has 0 unspecified atom stereocenters. The summed E-state index contributed by atoms with van der Waals surface area (Å²) in [4.78, 5) is 7.83. The molecule has 0 aromatic carbocycles. The van der Waals surface area contributed by atoms with Crippen LogP contribution in [0.5, 0.6) is 11.5 Å². The lowest BCUT2D eigenvalue weighted by molar-refractivity contribution is 0.456. The lowest BCUT2D eigenvalue weighted by Gasteiger charge is -2.05. The molecule has 15 heavy (non-hydrogen) atoms. The van der Waals surface area contributed by atoms with Crippen LogP contribution in [0.4, 0.5) is 0 Å². The molecule has 0 atom stereocenters. The Morgan fingerprint density at radius 2 is 1.40 bits per heavy atom. The predicted molar refractivity (Wildman–Crippen MR) is 56.9 cm³/mol. The zero-order chi connectivity index (χ0) is 10.3. The van der Waals surface area contributed by atoms with Gasteiger partial charge in [-0.15, -0.1) is 0 Å². The zero-order valence-electron chi connectivity index (χ0n) is 8.04. The van der Waals surface area contributed by atoms with Crippen LogP contribution < -0.4 is 9.31 Å². The predicted octanol–water partition coefficient (Wildman–Crippen LogP) is 1.20. The Hall–Kier alpha value is -2.04. The first-order valence-electron chi connectivity index (χ1n) is 4.51. The van der Waals surface area contributed by atoms with E-state index < -0.39 is 0 Å². The van der Waals surface area contributed by atoms with Crippen molar-refractivity contribution in [3.05, 3.63) is 49.1 Å². The maximum absolute atomic E-state index is 5.30. The summed E-state index contributed by atoms with van der Waals surface area (Å²) in [6.07, 6.45) is 6.64. The van der Waals surface area contributed by atoms with Gasteiger partial charge in [0.1, 0.15) is 11.5 Å². The van der Waals surface area contributed by atoms with Crippen LogP contribution in [-0.4, -0.2) is 17.7 Å². The SMILES string of the molecule is B(Oc1cccnc1)Oc1cccnc1. The van der Waals surface area contributed by atoms with Crippen molar-refractivity contribution in [1.29, 1.82) is 0 Å². The molecule has 0 amide bonds. The fourth-order valence-corrected chi connectivity index (χ4v) is 1.03. The lowest BCUT2D eigenvalue weighted by Crippen LogP contribution is -2.10. The molecule has 0 aliphatic rings. The Bertz CT molecular complexity index is 357. The molecule has 0 N–H and O–H groups in total. The van der Waals surface area contributed by atoms with Gasteiger partial charge in [-0.2, -0.15) is 0 Å². The van der Waals surface area contributed by atoms with E-state index in [4.69, 9.17) is 9.31 Å². The van der Waals surface area contributed by atoms with Crippen LogP contribution in [0, 0.1) is 0 Å². The van der Waals surface area contributed by atoms with Gasteiger partial charge >= 0.3 is 7.69 Å². The molecule has 0 bridgehead atoms. The van der Waals surface area contributed by atoms with Crippen LogP contribution >= 0.6 is 0 Å². The van der Waals surface area contributed by atoms with Crippen molar-refractivity contribution >= 4 is 7.69 Å². The van der Waals surface area contributed by atoms with Crippen molar-refractivity contribution in [2.24, 2.45) is 0 Å². The van der Waals surface area contributed by atoms with E-state index in [0.717, 1.165) is 0 Å². The van der Waals surface area contributed by atoms with Crippen LogP contribution in [0.3, 0.4) is 0 Å². The van der Waals surface area contributed by atoms with Gasteiger partial charge in [0.2, 0.25) is 0 Å². The molecule has 0 radical (unpaired) electrons.